The predicted octanol–water partition coefficient (Wildman–Crippen LogP) is 2.87. The first kappa shape index (κ1) is 15.4. The van der Waals surface area contributed by atoms with Gasteiger partial charge in [0.1, 0.15) is 4.83 Å². The highest BCUT2D eigenvalue weighted by Gasteiger charge is 2.21. The molecule has 0 atom stereocenters. The number of hydrazine groups is 1. The van der Waals surface area contributed by atoms with E-state index in [2.05, 4.69) is 22.5 Å². The Kier molecular flexibility index (Phi) is 4.08. The molecule has 0 fully saturated rings. The van der Waals surface area contributed by atoms with Gasteiger partial charge in [0.15, 0.2) is 0 Å². The van der Waals surface area contributed by atoms with E-state index in [9.17, 15) is 4.79 Å². The van der Waals surface area contributed by atoms with E-state index in [0.29, 0.717) is 12.5 Å². The van der Waals surface area contributed by atoms with Crippen LogP contribution in [0.1, 0.15) is 28.8 Å². The van der Waals surface area contributed by atoms with Gasteiger partial charge in [0.2, 0.25) is 5.95 Å². The van der Waals surface area contributed by atoms with Gasteiger partial charge in [-0.2, -0.15) is 0 Å². The molecule has 6 heteroatoms. The Hall–Kier alpha value is -2.18. The molecule has 0 spiro atoms. The van der Waals surface area contributed by atoms with E-state index in [0.717, 1.165) is 35.9 Å². The summed E-state index contributed by atoms with van der Waals surface area (Å²) in [6, 6.07) is 10.2. The van der Waals surface area contributed by atoms with Crippen molar-refractivity contribution in [2.45, 2.75) is 38.6 Å². The zero-order valence-corrected chi connectivity index (χ0v) is 14.2. The van der Waals surface area contributed by atoms with Gasteiger partial charge in [-0.25, -0.2) is 10.8 Å². The molecular weight excluding hydrogens is 320 g/mol. The zero-order valence-electron chi connectivity index (χ0n) is 13.4. The van der Waals surface area contributed by atoms with Crippen LogP contribution in [0.15, 0.2) is 35.1 Å². The molecule has 1 aromatic carbocycles. The predicted molar refractivity (Wildman–Crippen MR) is 98.5 cm³/mol. The van der Waals surface area contributed by atoms with Gasteiger partial charge >= 0.3 is 0 Å². The number of nitrogen functional groups attached to an aromatic ring is 1. The van der Waals surface area contributed by atoms with Crippen molar-refractivity contribution in [1.82, 2.24) is 9.55 Å². The third kappa shape index (κ3) is 2.61. The average Bonchev–Trinajstić information content (AvgIpc) is 3.00. The first-order valence-corrected chi connectivity index (χ1v) is 9.15. The standard InChI is InChI=1S/C18H20N4OS/c19-21-18-20-16-15(13-8-4-5-9-14(13)24-16)17(23)22(18)11-10-12-6-2-1-3-7-12/h1-3,6-7H,4-5,8-11,19H2,(H,20,21). The van der Waals surface area contributed by atoms with Crippen molar-refractivity contribution in [1.29, 1.82) is 0 Å². The van der Waals surface area contributed by atoms with Crippen LogP contribution in [0, 0.1) is 0 Å². The van der Waals surface area contributed by atoms with Crippen molar-refractivity contribution >= 4 is 27.5 Å². The molecule has 2 aromatic heterocycles. The van der Waals surface area contributed by atoms with Crippen molar-refractivity contribution in [2.75, 3.05) is 5.43 Å². The van der Waals surface area contributed by atoms with Crippen molar-refractivity contribution in [2.24, 2.45) is 5.84 Å². The van der Waals surface area contributed by atoms with Gasteiger partial charge in [0, 0.05) is 11.4 Å². The highest BCUT2D eigenvalue weighted by Crippen LogP contribution is 2.34. The van der Waals surface area contributed by atoms with Crippen LogP contribution in [0.3, 0.4) is 0 Å². The molecule has 0 aliphatic heterocycles. The fourth-order valence-electron chi connectivity index (χ4n) is 3.44. The van der Waals surface area contributed by atoms with E-state index in [1.54, 1.807) is 15.9 Å². The van der Waals surface area contributed by atoms with Crippen molar-refractivity contribution in [3.8, 4) is 0 Å². The molecule has 0 unspecified atom stereocenters. The number of nitrogens with two attached hydrogens (primary N) is 1. The lowest BCUT2D eigenvalue weighted by atomic mass is 9.97. The molecule has 3 N–H and O–H groups in total. The monoisotopic (exact) mass is 340 g/mol. The van der Waals surface area contributed by atoms with E-state index in [1.165, 1.54) is 22.4 Å². The number of thiophene rings is 1. The summed E-state index contributed by atoms with van der Waals surface area (Å²) in [7, 11) is 0. The van der Waals surface area contributed by atoms with Gasteiger partial charge in [-0.05, 0) is 43.2 Å². The lowest BCUT2D eigenvalue weighted by Gasteiger charge is -2.13. The summed E-state index contributed by atoms with van der Waals surface area (Å²) >= 11 is 1.65. The van der Waals surface area contributed by atoms with Crippen LogP contribution in [0.4, 0.5) is 5.95 Å². The second-order valence-electron chi connectivity index (χ2n) is 6.16. The minimum atomic E-state index is 0.0308. The number of rotatable bonds is 4. The van der Waals surface area contributed by atoms with Crippen LogP contribution in [0.2, 0.25) is 0 Å². The Morgan fingerprint density at radius 1 is 1.21 bits per heavy atom. The van der Waals surface area contributed by atoms with Crippen LogP contribution in [-0.2, 0) is 25.8 Å². The SMILES string of the molecule is NNc1nc2sc3c(c2c(=O)n1CCc1ccccc1)CCCC3. The Balaban J connectivity index is 1.78. The molecule has 4 rings (SSSR count). The molecule has 0 bridgehead atoms. The molecule has 24 heavy (non-hydrogen) atoms. The van der Waals surface area contributed by atoms with Crippen LogP contribution in [0.25, 0.3) is 10.2 Å². The molecule has 124 valence electrons. The Morgan fingerprint density at radius 3 is 2.79 bits per heavy atom. The second kappa shape index (κ2) is 6.37. The smallest absolute Gasteiger partial charge is 0.263 e. The number of nitrogens with one attached hydrogen (secondary N) is 1. The van der Waals surface area contributed by atoms with E-state index >= 15 is 0 Å². The molecule has 0 saturated carbocycles. The van der Waals surface area contributed by atoms with Gasteiger partial charge in [-0.15, -0.1) is 11.3 Å². The summed E-state index contributed by atoms with van der Waals surface area (Å²) in [5, 5.41) is 0.807. The number of fused-ring (bicyclic) bond motifs is 3. The normalized spacial score (nSPS) is 13.9. The largest absolute Gasteiger partial charge is 0.294 e. The lowest BCUT2D eigenvalue weighted by Crippen LogP contribution is -2.28. The Bertz CT molecular complexity index is 930. The summed E-state index contributed by atoms with van der Waals surface area (Å²) in [5.41, 5.74) is 5.05. The number of aromatic nitrogens is 2. The number of aryl methyl sites for hydroxylation is 3. The fourth-order valence-corrected chi connectivity index (χ4v) is 4.69. The van der Waals surface area contributed by atoms with Crippen molar-refractivity contribution in [3.63, 3.8) is 0 Å². The van der Waals surface area contributed by atoms with Crippen LogP contribution in [0.5, 0.6) is 0 Å². The molecule has 0 saturated heterocycles. The molecule has 2 heterocycles. The van der Waals surface area contributed by atoms with E-state index in [4.69, 9.17) is 5.84 Å². The number of hydrogen-bond donors (Lipinski definition) is 2. The van der Waals surface area contributed by atoms with Gasteiger partial charge in [0.05, 0.1) is 5.39 Å². The summed E-state index contributed by atoms with van der Waals surface area (Å²) in [6.45, 7) is 0.565. The highest BCUT2D eigenvalue weighted by molar-refractivity contribution is 7.18. The summed E-state index contributed by atoms with van der Waals surface area (Å²) in [4.78, 5) is 19.9. The maximum absolute atomic E-state index is 13.1. The number of hydrogen-bond acceptors (Lipinski definition) is 5. The summed E-state index contributed by atoms with van der Waals surface area (Å²) < 4.78 is 1.68. The Labute approximate surface area is 144 Å². The first-order valence-electron chi connectivity index (χ1n) is 8.33. The van der Waals surface area contributed by atoms with Crippen LogP contribution in [-0.4, -0.2) is 9.55 Å². The molecule has 1 aliphatic carbocycles. The topological polar surface area (TPSA) is 72.9 Å². The third-order valence-corrected chi connectivity index (χ3v) is 5.86. The summed E-state index contributed by atoms with van der Waals surface area (Å²) in [6.07, 6.45) is 5.17. The van der Waals surface area contributed by atoms with Crippen molar-refractivity contribution < 1.29 is 0 Å². The number of nitrogens with zero attached hydrogens (tertiary/aromatic N) is 2. The highest BCUT2D eigenvalue weighted by atomic mass is 32.1. The minimum Gasteiger partial charge on any atom is -0.294 e. The maximum Gasteiger partial charge on any atom is 0.263 e. The molecule has 3 aromatic rings. The second-order valence-corrected chi connectivity index (χ2v) is 7.25. The Morgan fingerprint density at radius 2 is 2.00 bits per heavy atom. The minimum absolute atomic E-state index is 0.0308. The third-order valence-electron chi connectivity index (χ3n) is 4.67. The van der Waals surface area contributed by atoms with Gasteiger partial charge in [-0.1, -0.05) is 30.3 Å². The number of benzene rings is 1. The van der Waals surface area contributed by atoms with E-state index < -0.39 is 0 Å². The maximum atomic E-state index is 13.1. The quantitative estimate of drug-likeness (QED) is 0.566. The van der Waals surface area contributed by atoms with Crippen LogP contribution < -0.4 is 16.8 Å². The fraction of sp³-hybridized carbons (Fsp3) is 0.333. The summed E-state index contributed by atoms with van der Waals surface area (Å²) in [5.74, 6) is 6.08. The van der Waals surface area contributed by atoms with Crippen molar-refractivity contribution in [3.05, 3.63) is 56.7 Å². The van der Waals surface area contributed by atoms with Crippen LogP contribution >= 0.6 is 11.3 Å². The number of anilines is 1. The molecular formula is C18H20N4OS. The average molecular weight is 340 g/mol. The lowest BCUT2D eigenvalue weighted by molar-refractivity contribution is 0.666. The molecule has 1 aliphatic rings. The zero-order chi connectivity index (χ0) is 16.5. The molecule has 5 nitrogen and oxygen atoms in total. The first-order chi connectivity index (χ1) is 11.8. The van der Waals surface area contributed by atoms with Gasteiger partial charge < -0.3 is 0 Å². The molecule has 0 radical (unpaired) electrons. The van der Waals surface area contributed by atoms with E-state index in [1.807, 2.05) is 18.2 Å². The van der Waals surface area contributed by atoms with E-state index in [-0.39, 0.29) is 5.56 Å². The van der Waals surface area contributed by atoms with Gasteiger partial charge in [-0.3, -0.25) is 14.8 Å². The molecule has 0 amide bonds. The van der Waals surface area contributed by atoms with Gasteiger partial charge in [0.25, 0.3) is 5.56 Å².